The van der Waals surface area contributed by atoms with Crippen LogP contribution in [0.5, 0.6) is 0 Å². The second-order valence-electron chi connectivity index (χ2n) is 5.12. The van der Waals surface area contributed by atoms with E-state index in [0.29, 0.717) is 0 Å². The number of carbonyl (C=O) groups excluding carboxylic acids is 1. The number of hydrogen-bond donors (Lipinski definition) is 2. The van der Waals surface area contributed by atoms with E-state index in [9.17, 15) is 18.0 Å². The number of aromatic nitrogens is 1. The van der Waals surface area contributed by atoms with Crippen molar-refractivity contribution in [3.05, 3.63) is 18.0 Å². The van der Waals surface area contributed by atoms with Gasteiger partial charge in [0.05, 0.1) is 6.54 Å². The predicted octanol–water partition coefficient (Wildman–Crippen LogP) is -0.112. The summed E-state index contributed by atoms with van der Waals surface area (Å²) in [7, 11) is -0.878. The van der Waals surface area contributed by atoms with Gasteiger partial charge in [0.1, 0.15) is 10.6 Å². The molecule has 0 unspecified atom stereocenters. The van der Waals surface area contributed by atoms with E-state index in [0.717, 1.165) is 18.9 Å². The first-order valence-corrected chi connectivity index (χ1v) is 7.85. The van der Waals surface area contributed by atoms with Gasteiger partial charge in [-0.3, -0.25) is 4.79 Å². The van der Waals surface area contributed by atoms with Crippen molar-refractivity contribution in [2.24, 2.45) is 0 Å². The van der Waals surface area contributed by atoms with Gasteiger partial charge in [0.15, 0.2) is 0 Å². The van der Waals surface area contributed by atoms with Crippen LogP contribution in [0.2, 0.25) is 0 Å². The highest BCUT2D eigenvalue weighted by atomic mass is 32.2. The fourth-order valence-electron chi connectivity index (χ4n) is 1.83. The normalized spacial score (nSPS) is 15.0. The van der Waals surface area contributed by atoms with Crippen molar-refractivity contribution in [1.82, 2.24) is 14.2 Å². The van der Waals surface area contributed by atoms with Crippen molar-refractivity contribution in [3.8, 4) is 0 Å². The zero-order valence-corrected chi connectivity index (χ0v) is 12.6. The van der Waals surface area contributed by atoms with Crippen molar-refractivity contribution in [1.29, 1.82) is 0 Å². The van der Waals surface area contributed by atoms with Gasteiger partial charge < -0.3 is 14.6 Å². The minimum atomic E-state index is -3.91. The monoisotopic (exact) mass is 315 g/mol. The lowest BCUT2D eigenvalue weighted by molar-refractivity contribution is -0.127. The average Bonchev–Trinajstić information content (AvgIpc) is 3.13. The van der Waals surface area contributed by atoms with E-state index < -0.39 is 21.9 Å². The Morgan fingerprint density at radius 2 is 2.05 bits per heavy atom. The molecule has 1 fully saturated rings. The van der Waals surface area contributed by atoms with Crippen molar-refractivity contribution >= 4 is 21.9 Å². The van der Waals surface area contributed by atoms with Gasteiger partial charge in [-0.05, 0) is 18.9 Å². The van der Waals surface area contributed by atoms with Gasteiger partial charge >= 0.3 is 5.97 Å². The van der Waals surface area contributed by atoms with Gasteiger partial charge in [-0.1, -0.05) is 0 Å². The molecule has 1 saturated carbocycles. The van der Waals surface area contributed by atoms with Crippen molar-refractivity contribution in [2.45, 2.75) is 23.8 Å². The third-order valence-corrected chi connectivity index (χ3v) is 4.57. The molecular formula is C12H17N3O5S. The number of nitrogens with one attached hydrogen (secondary N) is 1. The Labute approximate surface area is 122 Å². The van der Waals surface area contributed by atoms with E-state index in [1.165, 1.54) is 29.8 Å². The van der Waals surface area contributed by atoms with Crippen LogP contribution in [0, 0.1) is 0 Å². The number of likely N-dealkylation sites (N-methyl/N-ethyl adjacent to an activating group) is 1. The van der Waals surface area contributed by atoms with Gasteiger partial charge in [-0.15, -0.1) is 0 Å². The van der Waals surface area contributed by atoms with Crippen LogP contribution in [0.1, 0.15) is 29.4 Å². The number of sulfonamides is 1. The highest BCUT2D eigenvalue weighted by molar-refractivity contribution is 7.89. The number of carboxylic acid groups (broad SMARTS) is 1. The molecule has 2 rings (SSSR count). The summed E-state index contributed by atoms with van der Waals surface area (Å²) in [5.41, 5.74) is -0.0585. The molecule has 8 nitrogen and oxygen atoms in total. The zero-order chi connectivity index (χ0) is 15.8. The molecule has 9 heteroatoms. The molecule has 0 spiro atoms. The van der Waals surface area contributed by atoms with Crippen molar-refractivity contribution in [3.63, 3.8) is 0 Å². The summed E-state index contributed by atoms with van der Waals surface area (Å²) in [5.74, 6) is -1.56. The molecule has 0 radical (unpaired) electrons. The third kappa shape index (κ3) is 3.42. The molecule has 116 valence electrons. The molecule has 0 aromatic carbocycles. The number of nitrogens with zero attached hydrogens (tertiary/aromatic N) is 2. The van der Waals surface area contributed by atoms with Gasteiger partial charge in [0, 0.05) is 26.3 Å². The number of aromatic carboxylic acids is 1. The smallest absolute Gasteiger partial charge is 0.352 e. The van der Waals surface area contributed by atoms with E-state index in [4.69, 9.17) is 5.11 Å². The van der Waals surface area contributed by atoms with Crippen LogP contribution in [0.15, 0.2) is 17.2 Å². The Bertz CT molecular complexity index is 673. The molecule has 1 aliphatic rings. The Hall–Kier alpha value is -1.87. The van der Waals surface area contributed by atoms with Crippen LogP contribution >= 0.6 is 0 Å². The summed E-state index contributed by atoms with van der Waals surface area (Å²) in [6.45, 7) is -0.369. The van der Waals surface area contributed by atoms with E-state index in [1.807, 2.05) is 0 Å². The predicted molar refractivity (Wildman–Crippen MR) is 73.5 cm³/mol. The summed E-state index contributed by atoms with van der Waals surface area (Å²) >= 11 is 0. The molecule has 1 amide bonds. The summed E-state index contributed by atoms with van der Waals surface area (Å²) in [6.07, 6.45) is 2.98. The molecule has 1 aromatic rings. The molecule has 2 N–H and O–H groups in total. The van der Waals surface area contributed by atoms with Gasteiger partial charge in [0.25, 0.3) is 0 Å². The lowest BCUT2D eigenvalue weighted by atomic mass is 10.4. The largest absolute Gasteiger partial charge is 0.477 e. The van der Waals surface area contributed by atoms with Crippen molar-refractivity contribution < 1.29 is 23.1 Å². The topological polar surface area (TPSA) is 109 Å². The van der Waals surface area contributed by atoms with E-state index in [1.54, 1.807) is 0 Å². The molecule has 1 heterocycles. The highest BCUT2D eigenvalue weighted by Crippen LogP contribution is 2.37. The minimum absolute atomic E-state index is 0.0449. The summed E-state index contributed by atoms with van der Waals surface area (Å²) in [6, 6.07) is 1.16. The number of rotatable bonds is 6. The first-order chi connectivity index (χ1) is 9.72. The van der Waals surface area contributed by atoms with Gasteiger partial charge in [-0.25, -0.2) is 17.9 Å². The molecule has 0 aliphatic heterocycles. The molecule has 0 atom stereocenters. The lowest BCUT2D eigenvalue weighted by Crippen LogP contribution is -2.36. The van der Waals surface area contributed by atoms with Crippen LogP contribution in [0.3, 0.4) is 0 Å². The Morgan fingerprint density at radius 1 is 1.43 bits per heavy atom. The van der Waals surface area contributed by atoms with E-state index >= 15 is 0 Å². The Balaban J connectivity index is 2.22. The number of amides is 1. The molecule has 1 aromatic heterocycles. The fourth-order valence-corrected chi connectivity index (χ4v) is 2.82. The second kappa shape index (κ2) is 5.49. The van der Waals surface area contributed by atoms with Crippen molar-refractivity contribution in [2.75, 3.05) is 20.6 Å². The van der Waals surface area contributed by atoms with E-state index in [2.05, 4.69) is 4.72 Å². The van der Waals surface area contributed by atoms with Crippen LogP contribution in [-0.2, 0) is 14.8 Å². The first-order valence-electron chi connectivity index (χ1n) is 6.37. The Morgan fingerprint density at radius 3 is 2.52 bits per heavy atom. The molecular weight excluding hydrogens is 298 g/mol. The average molecular weight is 315 g/mol. The molecule has 1 aliphatic carbocycles. The second-order valence-corrected chi connectivity index (χ2v) is 6.88. The number of hydrogen-bond acceptors (Lipinski definition) is 4. The fraction of sp³-hybridized carbons (Fsp3) is 0.500. The maximum absolute atomic E-state index is 12.1. The maximum atomic E-state index is 12.1. The van der Waals surface area contributed by atoms with Crippen LogP contribution in [-0.4, -0.2) is 55.5 Å². The summed E-state index contributed by atoms with van der Waals surface area (Å²) in [5, 5.41) is 9.12. The quantitative estimate of drug-likeness (QED) is 0.761. The third-order valence-electron chi connectivity index (χ3n) is 3.21. The van der Waals surface area contributed by atoms with Gasteiger partial charge in [0.2, 0.25) is 15.9 Å². The van der Waals surface area contributed by atoms with Crippen LogP contribution < -0.4 is 4.72 Å². The SMILES string of the molecule is CN(C)C(=O)CNS(=O)(=O)c1cc(C(=O)O)n(C2CC2)c1. The van der Waals surface area contributed by atoms with Gasteiger partial charge in [-0.2, -0.15) is 0 Å². The highest BCUT2D eigenvalue weighted by Gasteiger charge is 2.30. The zero-order valence-electron chi connectivity index (χ0n) is 11.7. The number of carbonyl (C=O) groups is 2. The standard InChI is InChI=1S/C12H17N3O5S/c1-14(2)11(16)6-13-21(19,20)9-5-10(12(17)18)15(7-9)8-3-4-8/h5,7-8,13H,3-4,6H2,1-2H3,(H,17,18). The van der Waals surface area contributed by atoms with Crippen LogP contribution in [0.4, 0.5) is 0 Å². The van der Waals surface area contributed by atoms with E-state index in [-0.39, 0.29) is 23.2 Å². The molecule has 0 saturated heterocycles. The molecule has 21 heavy (non-hydrogen) atoms. The molecule has 0 bridgehead atoms. The Kier molecular flexibility index (Phi) is 4.06. The maximum Gasteiger partial charge on any atom is 0.352 e. The van der Waals surface area contributed by atoms with Crippen LogP contribution in [0.25, 0.3) is 0 Å². The summed E-state index contributed by atoms with van der Waals surface area (Å²) in [4.78, 5) is 23.7. The first kappa shape index (κ1) is 15.5. The summed E-state index contributed by atoms with van der Waals surface area (Å²) < 4.78 is 27.8. The minimum Gasteiger partial charge on any atom is -0.477 e. The lowest BCUT2D eigenvalue weighted by Gasteiger charge is -2.10. The number of carboxylic acids is 1.